The van der Waals surface area contributed by atoms with Crippen LogP contribution in [0, 0.1) is 5.82 Å². The number of nitrogens with zero attached hydrogens (tertiary/aromatic N) is 3. The van der Waals surface area contributed by atoms with E-state index in [9.17, 15) is 4.39 Å². The Morgan fingerprint density at radius 2 is 2.00 bits per heavy atom. The van der Waals surface area contributed by atoms with Crippen molar-refractivity contribution in [3.05, 3.63) is 17.8 Å². The number of ether oxygens (including phenoxy) is 1. The average Bonchev–Trinajstić information content (AvgIpc) is 2.73. The zero-order valence-corrected chi connectivity index (χ0v) is 12.8. The fourth-order valence-corrected chi connectivity index (χ4v) is 3.56. The summed E-state index contributed by atoms with van der Waals surface area (Å²) >= 11 is 0. The van der Waals surface area contributed by atoms with E-state index >= 15 is 0 Å². The third-order valence-corrected chi connectivity index (χ3v) is 4.74. The van der Waals surface area contributed by atoms with Gasteiger partial charge in [0.05, 0.1) is 17.9 Å². The van der Waals surface area contributed by atoms with Crippen molar-refractivity contribution in [3.63, 3.8) is 0 Å². The first-order valence-corrected chi connectivity index (χ1v) is 8.12. The van der Waals surface area contributed by atoms with E-state index in [2.05, 4.69) is 14.9 Å². The first kappa shape index (κ1) is 14.7. The van der Waals surface area contributed by atoms with Gasteiger partial charge in [-0.1, -0.05) is 32.6 Å². The van der Waals surface area contributed by atoms with E-state index in [1.807, 2.05) is 6.92 Å². The van der Waals surface area contributed by atoms with E-state index in [0.29, 0.717) is 31.1 Å². The van der Waals surface area contributed by atoms with Crippen LogP contribution < -0.4 is 4.90 Å². The van der Waals surface area contributed by atoms with E-state index < -0.39 is 0 Å². The molecule has 0 unspecified atom stereocenters. The first-order chi connectivity index (χ1) is 10.2. The molecule has 1 aliphatic heterocycles. The lowest BCUT2D eigenvalue weighted by atomic mass is 9.92. The summed E-state index contributed by atoms with van der Waals surface area (Å²) in [7, 11) is 0. The van der Waals surface area contributed by atoms with Gasteiger partial charge in [-0.15, -0.1) is 0 Å². The second-order valence-electron chi connectivity index (χ2n) is 6.18. The molecular formula is C16H24FN3O. The van der Waals surface area contributed by atoms with E-state index in [4.69, 9.17) is 4.74 Å². The maximum absolute atomic E-state index is 14.5. The van der Waals surface area contributed by atoms with Gasteiger partial charge < -0.3 is 9.64 Å². The number of aromatic nitrogens is 2. The lowest BCUT2D eigenvalue weighted by molar-refractivity contribution is -0.0656. The van der Waals surface area contributed by atoms with Crippen LogP contribution in [0.4, 0.5) is 10.2 Å². The van der Waals surface area contributed by atoms with E-state index in [1.54, 1.807) is 0 Å². The van der Waals surface area contributed by atoms with Gasteiger partial charge in [0.15, 0.2) is 11.6 Å². The van der Waals surface area contributed by atoms with Gasteiger partial charge in [-0.2, -0.15) is 0 Å². The second kappa shape index (κ2) is 6.26. The van der Waals surface area contributed by atoms with Gasteiger partial charge in [0.1, 0.15) is 6.33 Å². The fourth-order valence-electron chi connectivity index (χ4n) is 3.56. The van der Waals surface area contributed by atoms with Crippen LogP contribution >= 0.6 is 0 Å². The number of anilines is 1. The summed E-state index contributed by atoms with van der Waals surface area (Å²) in [5, 5.41) is 0. The van der Waals surface area contributed by atoms with Crippen molar-refractivity contribution in [1.29, 1.82) is 0 Å². The summed E-state index contributed by atoms with van der Waals surface area (Å²) in [4.78, 5) is 10.3. The molecule has 1 spiro atoms. The molecule has 1 aromatic heterocycles. The Hall–Kier alpha value is -1.23. The van der Waals surface area contributed by atoms with Crippen molar-refractivity contribution in [2.24, 2.45) is 0 Å². The molecule has 2 heterocycles. The Kier molecular flexibility index (Phi) is 4.38. The highest BCUT2D eigenvalue weighted by molar-refractivity contribution is 5.42. The van der Waals surface area contributed by atoms with Gasteiger partial charge >= 0.3 is 0 Å². The summed E-state index contributed by atoms with van der Waals surface area (Å²) in [6.45, 7) is 4.04. The number of hydrogen-bond acceptors (Lipinski definition) is 4. The largest absolute Gasteiger partial charge is 0.371 e. The molecule has 21 heavy (non-hydrogen) atoms. The summed E-state index contributed by atoms with van der Waals surface area (Å²) in [5.74, 6) is 0.194. The molecule has 0 amide bonds. The minimum Gasteiger partial charge on any atom is -0.371 e. The lowest BCUT2D eigenvalue weighted by Gasteiger charge is -2.43. The summed E-state index contributed by atoms with van der Waals surface area (Å²) in [6.07, 6.45) is 9.22. The summed E-state index contributed by atoms with van der Waals surface area (Å²) in [6, 6.07) is 0. The normalized spacial score (nSPS) is 22.3. The molecule has 0 N–H and O–H groups in total. The minimum atomic E-state index is -0.259. The predicted octanol–water partition coefficient (Wildman–Crippen LogP) is 3.11. The molecular weight excluding hydrogens is 269 g/mol. The predicted molar refractivity (Wildman–Crippen MR) is 80.0 cm³/mol. The quantitative estimate of drug-likeness (QED) is 0.840. The molecule has 0 aromatic carbocycles. The van der Waals surface area contributed by atoms with Gasteiger partial charge in [0.25, 0.3) is 0 Å². The Morgan fingerprint density at radius 1 is 1.24 bits per heavy atom. The standard InChI is InChI=1S/C16H24FN3O/c1-2-13-14(17)15(19-12-18-13)20-9-10-21-16(11-20)7-5-3-4-6-8-16/h12H,2-11H2,1H3. The average molecular weight is 293 g/mol. The van der Waals surface area contributed by atoms with Crippen molar-refractivity contribution in [2.75, 3.05) is 24.6 Å². The Balaban J connectivity index is 1.82. The molecule has 1 aromatic rings. The highest BCUT2D eigenvalue weighted by Crippen LogP contribution is 2.35. The van der Waals surface area contributed by atoms with Crippen molar-refractivity contribution < 1.29 is 9.13 Å². The fraction of sp³-hybridized carbons (Fsp3) is 0.750. The molecule has 1 saturated heterocycles. The van der Waals surface area contributed by atoms with Crippen molar-refractivity contribution >= 4 is 5.82 Å². The highest BCUT2D eigenvalue weighted by Gasteiger charge is 2.38. The summed E-state index contributed by atoms with van der Waals surface area (Å²) in [5.41, 5.74) is 0.403. The monoisotopic (exact) mass is 293 g/mol. The third kappa shape index (κ3) is 3.03. The topological polar surface area (TPSA) is 38.2 Å². The van der Waals surface area contributed by atoms with Gasteiger partial charge in [0, 0.05) is 13.1 Å². The van der Waals surface area contributed by atoms with Crippen molar-refractivity contribution in [3.8, 4) is 0 Å². The molecule has 4 nitrogen and oxygen atoms in total. The van der Waals surface area contributed by atoms with Crippen LogP contribution in [-0.4, -0.2) is 35.3 Å². The van der Waals surface area contributed by atoms with Gasteiger partial charge in [-0.05, 0) is 19.3 Å². The van der Waals surface area contributed by atoms with Crippen LogP contribution in [-0.2, 0) is 11.2 Å². The molecule has 1 saturated carbocycles. The van der Waals surface area contributed by atoms with Gasteiger partial charge in [0.2, 0.25) is 0 Å². The van der Waals surface area contributed by atoms with E-state index in [0.717, 1.165) is 19.4 Å². The smallest absolute Gasteiger partial charge is 0.187 e. The van der Waals surface area contributed by atoms with E-state index in [1.165, 1.54) is 32.0 Å². The highest BCUT2D eigenvalue weighted by atomic mass is 19.1. The molecule has 0 bridgehead atoms. The van der Waals surface area contributed by atoms with Crippen LogP contribution in [0.3, 0.4) is 0 Å². The third-order valence-electron chi connectivity index (χ3n) is 4.74. The van der Waals surface area contributed by atoms with Gasteiger partial charge in [-0.25, -0.2) is 14.4 Å². The number of morpholine rings is 1. The lowest BCUT2D eigenvalue weighted by Crippen LogP contribution is -2.52. The van der Waals surface area contributed by atoms with Crippen LogP contribution in [0.2, 0.25) is 0 Å². The SMILES string of the molecule is CCc1ncnc(N2CCOC3(CCCCCC3)C2)c1F. The maximum Gasteiger partial charge on any atom is 0.187 e. The maximum atomic E-state index is 14.5. The van der Waals surface area contributed by atoms with Crippen LogP contribution in [0.1, 0.15) is 51.1 Å². The number of halogens is 1. The minimum absolute atomic E-state index is 0.0987. The van der Waals surface area contributed by atoms with Crippen LogP contribution in [0.5, 0.6) is 0 Å². The molecule has 2 aliphatic rings. The summed E-state index contributed by atoms with van der Waals surface area (Å²) < 4.78 is 20.6. The number of rotatable bonds is 2. The number of hydrogen-bond donors (Lipinski definition) is 0. The zero-order chi connectivity index (χ0) is 14.7. The Morgan fingerprint density at radius 3 is 2.71 bits per heavy atom. The first-order valence-electron chi connectivity index (χ1n) is 8.12. The molecule has 2 fully saturated rings. The zero-order valence-electron chi connectivity index (χ0n) is 12.8. The van der Waals surface area contributed by atoms with Crippen molar-refractivity contribution in [1.82, 2.24) is 9.97 Å². The van der Waals surface area contributed by atoms with E-state index in [-0.39, 0.29) is 11.4 Å². The second-order valence-corrected chi connectivity index (χ2v) is 6.18. The van der Waals surface area contributed by atoms with Crippen LogP contribution in [0.25, 0.3) is 0 Å². The Labute approximate surface area is 125 Å². The van der Waals surface area contributed by atoms with Crippen LogP contribution in [0.15, 0.2) is 6.33 Å². The van der Waals surface area contributed by atoms with Crippen molar-refractivity contribution in [2.45, 2.75) is 57.5 Å². The molecule has 0 atom stereocenters. The molecule has 116 valence electrons. The van der Waals surface area contributed by atoms with Gasteiger partial charge in [-0.3, -0.25) is 0 Å². The molecule has 3 rings (SSSR count). The number of aryl methyl sites for hydroxylation is 1. The Bertz CT molecular complexity index is 486. The molecule has 1 aliphatic carbocycles. The molecule has 5 heteroatoms. The molecule has 0 radical (unpaired) electrons.